The Labute approximate surface area is 208 Å². The van der Waals surface area contributed by atoms with E-state index < -0.39 is 22.1 Å². The summed E-state index contributed by atoms with van der Waals surface area (Å²) in [4.78, 5) is 26.2. The van der Waals surface area contributed by atoms with E-state index in [2.05, 4.69) is 15.0 Å². The van der Waals surface area contributed by atoms with Gasteiger partial charge in [0.25, 0.3) is 0 Å². The van der Waals surface area contributed by atoms with Gasteiger partial charge in [-0.25, -0.2) is 17.8 Å². The number of carbonyl (C=O) groups is 1. The summed E-state index contributed by atoms with van der Waals surface area (Å²) < 4.78 is 45.0. The Morgan fingerprint density at radius 2 is 1.97 bits per heavy atom. The van der Waals surface area contributed by atoms with Crippen molar-refractivity contribution in [1.82, 2.24) is 19.9 Å². The van der Waals surface area contributed by atoms with E-state index >= 15 is 0 Å². The van der Waals surface area contributed by atoms with E-state index in [1.165, 1.54) is 24.0 Å². The molecule has 1 amide bonds. The Kier molecular flexibility index (Phi) is 6.21. The summed E-state index contributed by atoms with van der Waals surface area (Å²) in [5, 5.41) is 0. The van der Waals surface area contributed by atoms with E-state index in [1.807, 2.05) is 24.3 Å². The number of amides is 1. The van der Waals surface area contributed by atoms with Gasteiger partial charge in [-0.15, -0.1) is 0 Å². The van der Waals surface area contributed by atoms with Crippen molar-refractivity contribution >= 4 is 26.8 Å². The van der Waals surface area contributed by atoms with E-state index in [1.54, 1.807) is 31.3 Å². The lowest BCUT2D eigenvalue weighted by atomic mass is 10.0. The van der Waals surface area contributed by atoms with Crippen molar-refractivity contribution in [2.75, 3.05) is 12.3 Å². The molecule has 1 aliphatic heterocycles. The zero-order chi connectivity index (χ0) is 25.4. The molecule has 2 atom stereocenters. The normalized spacial score (nSPS) is 18.0. The lowest BCUT2D eigenvalue weighted by Gasteiger charge is -2.25. The number of aromatic amines is 1. The first kappa shape index (κ1) is 23.9. The van der Waals surface area contributed by atoms with Crippen LogP contribution in [0.25, 0.3) is 22.6 Å². The van der Waals surface area contributed by atoms with Crippen molar-refractivity contribution in [1.29, 1.82) is 0 Å². The highest BCUT2D eigenvalue weighted by Crippen LogP contribution is 2.41. The predicted molar refractivity (Wildman–Crippen MR) is 133 cm³/mol. The molecular weight excluding hydrogens is 483 g/mol. The van der Waals surface area contributed by atoms with Crippen LogP contribution in [0.4, 0.5) is 4.39 Å². The fraction of sp³-hybridized carbons (Fsp3) is 0.269. The molecule has 0 unspecified atom stereocenters. The van der Waals surface area contributed by atoms with Crippen molar-refractivity contribution < 1.29 is 22.3 Å². The Bertz CT molecular complexity index is 1520. The van der Waals surface area contributed by atoms with Crippen LogP contribution in [0.5, 0.6) is 11.5 Å². The molecule has 3 heterocycles. The largest absolute Gasteiger partial charge is 0.457 e. The smallest absolute Gasteiger partial charge is 0.220 e. The SMILES string of the molecule is CCS(=O)(=O)c1ccc(Oc2cc3nc(-c4ccccn4)[nH]c3cc2[C@@H]2C[C@H](F)CN2C(C)=O)cc1. The summed E-state index contributed by atoms with van der Waals surface area (Å²) in [5.74, 6) is 1.17. The number of nitrogens with zero attached hydrogens (tertiary/aromatic N) is 3. The minimum Gasteiger partial charge on any atom is -0.457 e. The fourth-order valence-electron chi connectivity index (χ4n) is 4.46. The van der Waals surface area contributed by atoms with E-state index in [0.717, 1.165) is 0 Å². The molecule has 1 N–H and O–H groups in total. The van der Waals surface area contributed by atoms with Crippen molar-refractivity contribution in [2.24, 2.45) is 0 Å². The second-order valence-electron chi connectivity index (χ2n) is 8.70. The lowest BCUT2D eigenvalue weighted by Crippen LogP contribution is -2.29. The maximum absolute atomic E-state index is 14.4. The summed E-state index contributed by atoms with van der Waals surface area (Å²) in [6, 6.07) is 14.7. The Balaban J connectivity index is 1.59. The van der Waals surface area contributed by atoms with Gasteiger partial charge in [0, 0.05) is 31.2 Å². The maximum atomic E-state index is 14.4. The van der Waals surface area contributed by atoms with Crippen LogP contribution in [0.15, 0.2) is 65.7 Å². The molecule has 0 aliphatic carbocycles. The van der Waals surface area contributed by atoms with E-state index in [-0.39, 0.29) is 29.5 Å². The number of aromatic nitrogens is 3. The number of ether oxygens (including phenoxy) is 1. The minimum absolute atomic E-state index is 0.00125. The molecule has 10 heteroatoms. The quantitative estimate of drug-likeness (QED) is 0.400. The third kappa shape index (κ3) is 4.56. The van der Waals surface area contributed by atoms with Gasteiger partial charge in [0.05, 0.1) is 34.3 Å². The molecule has 0 spiro atoms. The standard InChI is InChI=1S/C26H25FN4O4S/c1-3-36(33,34)19-9-7-18(8-10-19)35-25-14-23-22(29-26(30-23)21-6-4-5-11-28-21)13-20(25)24-12-17(27)15-31(24)16(2)32/h4-11,13-14,17,24H,3,12,15H2,1-2H3,(H,29,30)/t17-,24-/m0/s1. The highest BCUT2D eigenvalue weighted by molar-refractivity contribution is 7.91. The van der Waals surface area contributed by atoms with Crippen LogP contribution in [-0.2, 0) is 14.6 Å². The van der Waals surface area contributed by atoms with Gasteiger partial charge in [-0.2, -0.15) is 0 Å². The van der Waals surface area contributed by atoms with Gasteiger partial charge in [0.2, 0.25) is 5.91 Å². The molecule has 0 radical (unpaired) electrons. The topological polar surface area (TPSA) is 105 Å². The number of hydrogen-bond donors (Lipinski definition) is 1. The summed E-state index contributed by atoms with van der Waals surface area (Å²) >= 11 is 0. The average molecular weight is 509 g/mol. The molecule has 2 aromatic heterocycles. The van der Waals surface area contributed by atoms with Gasteiger partial charge >= 0.3 is 0 Å². The number of pyridine rings is 1. The molecule has 1 fully saturated rings. The number of rotatable bonds is 6. The Hall–Kier alpha value is -3.79. The number of halogens is 1. The number of likely N-dealkylation sites (tertiary alicyclic amines) is 1. The molecule has 0 bridgehead atoms. The summed E-state index contributed by atoms with van der Waals surface area (Å²) in [7, 11) is -3.35. The van der Waals surface area contributed by atoms with Crippen molar-refractivity contribution in [3.63, 3.8) is 0 Å². The second-order valence-corrected chi connectivity index (χ2v) is 11.0. The van der Waals surface area contributed by atoms with Crippen LogP contribution in [0.3, 0.4) is 0 Å². The van der Waals surface area contributed by atoms with Crippen LogP contribution >= 0.6 is 0 Å². The van der Waals surface area contributed by atoms with Gasteiger partial charge in [-0.1, -0.05) is 13.0 Å². The first-order valence-corrected chi connectivity index (χ1v) is 13.3. The van der Waals surface area contributed by atoms with E-state index in [4.69, 9.17) is 4.74 Å². The Morgan fingerprint density at radius 3 is 2.64 bits per heavy atom. The van der Waals surface area contributed by atoms with Crippen molar-refractivity contribution in [2.45, 2.75) is 37.4 Å². The number of imidazole rings is 1. The molecule has 2 aromatic carbocycles. The molecule has 1 saturated heterocycles. The lowest BCUT2D eigenvalue weighted by molar-refractivity contribution is -0.129. The summed E-state index contributed by atoms with van der Waals surface area (Å²) in [6.45, 7) is 3.03. The average Bonchev–Trinajstić information content (AvgIpc) is 3.47. The number of sulfone groups is 1. The predicted octanol–water partition coefficient (Wildman–Crippen LogP) is 4.84. The second kappa shape index (κ2) is 9.34. The molecule has 8 nitrogen and oxygen atoms in total. The molecule has 186 valence electrons. The Morgan fingerprint density at radius 1 is 1.19 bits per heavy atom. The number of hydrogen-bond acceptors (Lipinski definition) is 6. The highest BCUT2D eigenvalue weighted by atomic mass is 32.2. The third-order valence-electron chi connectivity index (χ3n) is 6.33. The number of benzene rings is 2. The van der Waals surface area contributed by atoms with Crippen LogP contribution in [0.1, 0.15) is 31.9 Å². The first-order chi connectivity index (χ1) is 17.2. The van der Waals surface area contributed by atoms with Gasteiger partial charge in [0.1, 0.15) is 23.4 Å². The molecular formula is C26H25FN4O4S. The first-order valence-electron chi connectivity index (χ1n) is 11.6. The van der Waals surface area contributed by atoms with Gasteiger partial charge in [0.15, 0.2) is 15.7 Å². The van der Waals surface area contributed by atoms with Crippen LogP contribution < -0.4 is 4.74 Å². The number of carbonyl (C=O) groups excluding carboxylic acids is 1. The summed E-state index contributed by atoms with van der Waals surface area (Å²) in [6.07, 6.45) is 0.679. The zero-order valence-corrected chi connectivity index (χ0v) is 20.6. The number of nitrogens with one attached hydrogen (secondary N) is 1. The third-order valence-corrected chi connectivity index (χ3v) is 8.08. The van der Waals surface area contributed by atoms with Crippen LogP contribution in [0, 0.1) is 0 Å². The molecule has 1 aliphatic rings. The monoisotopic (exact) mass is 508 g/mol. The summed E-state index contributed by atoms with van der Waals surface area (Å²) in [5.41, 5.74) is 2.62. The zero-order valence-electron chi connectivity index (χ0n) is 19.8. The highest BCUT2D eigenvalue weighted by Gasteiger charge is 2.37. The van der Waals surface area contributed by atoms with Crippen LogP contribution in [0.2, 0.25) is 0 Å². The maximum Gasteiger partial charge on any atom is 0.220 e. The molecule has 5 rings (SSSR count). The van der Waals surface area contributed by atoms with Gasteiger partial charge in [-0.05, 0) is 42.5 Å². The van der Waals surface area contributed by atoms with E-state index in [0.29, 0.717) is 39.6 Å². The van der Waals surface area contributed by atoms with E-state index in [9.17, 15) is 17.6 Å². The van der Waals surface area contributed by atoms with Crippen molar-refractivity contribution in [3.8, 4) is 23.0 Å². The molecule has 36 heavy (non-hydrogen) atoms. The number of alkyl halides is 1. The molecule has 4 aromatic rings. The van der Waals surface area contributed by atoms with Crippen molar-refractivity contribution in [3.05, 3.63) is 66.4 Å². The molecule has 0 saturated carbocycles. The minimum atomic E-state index is -3.35. The van der Waals surface area contributed by atoms with Crippen LogP contribution in [-0.4, -0.2) is 52.6 Å². The van der Waals surface area contributed by atoms with Gasteiger partial charge in [-0.3, -0.25) is 9.78 Å². The van der Waals surface area contributed by atoms with Gasteiger partial charge < -0.3 is 14.6 Å². The fourth-order valence-corrected chi connectivity index (χ4v) is 5.35. The number of fused-ring (bicyclic) bond motifs is 1. The number of H-pyrrole nitrogens is 1.